The number of esters is 2. The van der Waals surface area contributed by atoms with Gasteiger partial charge in [0.05, 0.1) is 25.6 Å². The number of aliphatic hydroxyl groups is 1. The van der Waals surface area contributed by atoms with Crippen molar-refractivity contribution in [2.75, 3.05) is 37.7 Å². The second-order valence-corrected chi connectivity index (χ2v) is 16.8. The zero-order chi connectivity index (χ0) is 49.7. The predicted molar refractivity (Wildman–Crippen MR) is 239 cm³/mol. The van der Waals surface area contributed by atoms with Gasteiger partial charge in [0.1, 0.15) is 41.3 Å². The first-order valence-electron chi connectivity index (χ1n) is 20.6. The van der Waals surface area contributed by atoms with E-state index in [1.807, 2.05) is 0 Å². The minimum atomic E-state index is -1.86. The molecule has 0 aromatic carbocycles. The lowest BCUT2D eigenvalue weighted by atomic mass is 10.1. The van der Waals surface area contributed by atoms with Crippen LogP contribution in [0.5, 0.6) is 0 Å². The molecule has 3 unspecified atom stereocenters. The summed E-state index contributed by atoms with van der Waals surface area (Å²) in [5, 5.41) is 38.1. The summed E-state index contributed by atoms with van der Waals surface area (Å²) in [6.07, 6.45) is -1.35. The van der Waals surface area contributed by atoms with Gasteiger partial charge >= 0.3 is 17.9 Å². The maximum atomic E-state index is 13.9. The monoisotopic (exact) mass is 993 g/mol. The van der Waals surface area contributed by atoms with E-state index in [0.717, 1.165) is 6.92 Å². The van der Waals surface area contributed by atoms with E-state index in [4.69, 9.17) is 20.9 Å². The van der Waals surface area contributed by atoms with Crippen molar-refractivity contribution in [3.05, 3.63) is 10.6 Å². The number of carboxylic acid groups (broad SMARTS) is 1. The van der Waals surface area contributed by atoms with Gasteiger partial charge in [0.15, 0.2) is 5.57 Å². The number of nitrogens with one attached hydrogen (secondary N) is 9. The highest BCUT2D eigenvalue weighted by Crippen LogP contribution is 2.27. The summed E-state index contributed by atoms with van der Waals surface area (Å²) in [5.74, 6) is -14.8. The molecule has 0 aromatic rings. The average Bonchev–Trinajstić information content (AvgIpc) is 3.23. The van der Waals surface area contributed by atoms with Crippen LogP contribution in [0.2, 0.25) is 0 Å². The highest BCUT2D eigenvalue weighted by atomic mass is 32.2. The van der Waals surface area contributed by atoms with Crippen LogP contribution < -0.4 is 58.7 Å². The average molecular weight is 994 g/mol. The van der Waals surface area contributed by atoms with Crippen molar-refractivity contribution in [1.29, 1.82) is 0 Å². The zero-order valence-corrected chi connectivity index (χ0v) is 39.0. The van der Waals surface area contributed by atoms with Gasteiger partial charge in [0.2, 0.25) is 47.3 Å². The number of amides is 8. The lowest BCUT2D eigenvalue weighted by Crippen LogP contribution is -2.60. The summed E-state index contributed by atoms with van der Waals surface area (Å²) in [7, 11) is 0. The summed E-state index contributed by atoms with van der Waals surface area (Å²) < 4.78 is 12.9. The molecule has 26 nitrogen and oxygen atoms in total. The molecule has 0 bridgehead atoms. The van der Waals surface area contributed by atoms with Crippen molar-refractivity contribution in [3.8, 4) is 0 Å². The van der Waals surface area contributed by atoms with Gasteiger partial charge in [-0.15, -0.1) is 0 Å². The van der Waals surface area contributed by atoms with Gasteiger partial charge in [-0.25, -0.2) is 14.3 Å². The Labute approximate surface area is 394 Å². The Balaban J connectivity index is 2.65. The third-order valence-corrected chi connectivity index (χ3v) is 10.8. The SMILES string of the molecule is C[C@@H](O)[C@@H]1NC(=O)CNSC(=C2C(=O)OC(C)(C)OC2=O)NC(=O)C(CCCCN)NC(=O)[C@H](CS)NC(=O)C(CC(=O)O)NC(=O)C(CS)NC(=O)[C@H](CCCCN)NC(=O)CNC1=O. The number of thiol groups is 2. The fourth-order valence-corrected chi connectivity index (χ4v) is 7.17. The third kappa shape index (κ3) is 19.0. The van der Waals surface area contributed by atoms with E-state index in [1.165, 1.54) is 13.8 Å². The van der Waals surface area contributed by atoms with Crippen LogP contribution in [-0.2, 0) is 62.2 Å². The number of rotatable bonds is 13. The van der Waals surface area contributed by atoms with Gasteiger partial charge in [-0.2, -0.15) is 25.3 Å². The molecule has 15 N–H and O–H groups in total. The number of unbranched alkanes of at least 4 members (excludes halogenated alkanes) is 2. The van der Waals surface area contributed by atoms with Crippen LogP contribution in [-0.4, -0.2) is 161 Å². The van der Waals surface area contributed by atoms with Crippen LogP contribution in [0, 0.1) is 0 Å². The fourth-order valence-electron chi connectivity index (χ4n) is 5.89. The molecule has 370 valence electrons. The highest BCUT2D eigenvalue weighted by Gasteiger charge is 2.42. The molecule has 0 aliphatic carbocycles. The lowest BCUT2D eigenvalue weighted by Gasteiger charge is -2.31. The molecule has 2 saturated heterocycles. The molecule has 2 rings (SSSR count). The van der Waals surface area contributed by atoms with Crippen molar-refractivity contribution in [1.82, 2.24) is 47.3 Å². The maximum Gasteiger partial charge on any atom is 0.351 e. The second-order valence-electron chi connectivity index (χ2n) is 15.2. The molecule has 66 heavy (non-hydrogen) atoms. The molecule has 0 radical (unpaired) electrons. The normalized spacial score (nSPS) is 25.5. The Bertz CT molecular complexity index is 1830. The first-order valence-corrected chi connectivity index (χ1v) is 22.7. The number of aliphatic hydroxyl groups excluding tert-OH is 1. The van der Waals surface area contributed by atoms with Gasteiger partial charge in [-0.3, -0.25) is 43.2 Å². The highest BCUT2D eigenvalue weighted by molar-refractivity contribution is 8.01. The van der Waals surface area contributed by atoms with E-state index in [0.29, 0.717) is 31.2 Å². The molecule has 2 heterocycles. The van der Waals surface area contributed by atoms with E-state index < -0.39 is 155 Å². The molecule has 0 aromatic heterocycles. The molecule has 0 saturated carbocycles. The zero-order valence-electron chi connectivity index (χ0n) is 36.4. The van der Waals surface area contributed by atoms with E-state index >= 15 is 0 Å². The molecule has 2 fully saturated rings. The van der Waals surface area contributed by atoms with Gasteiger partial charge in [-0.05, 0) is 70.5 Å². The van der Waals surface area contributed by atoms with Crippen molar-refractivity contribution < 1.29 is 72.4 Å². The minimum absolute atomic E-state index is 0.00797. The van der Waals surface area contributed by atoms with E-state index in [9.17, 15) is 63.0 Å². The Kier molecular flexibility index (Phi) is 24.2. The number of nitrogens with two attached hydrogens (primary N) is 2. The third-order valence-electron chi connectivity index (χ3n) is 9.28. The second kappa shape index (κ2) is 28.1. The predicted octanol–water partition coefficient (Wildman–Crippen LogP) is -5.60. The summed E-state index contributed by atoms with van der Waals surface area (Å²) in [6.45, 7) is 2.62. The number of carbonyl (C=O) groups excluding carboxylic acids is 10. The number of ether oxygens (including phenoxy) is 2. The fraction of sp³-hybridized carbons (Fsp3) is 0.649. The molecule has 2 aliphatic heterocycles. The number of carbonyl (C=O) groups is 11. The molecular weight excluding hydrogens is 935 g/mol. The Hall–Kier alpha value is -5.20. The molecule has 29 heteroatoms. The van der Waals surface area contributed by atoms with Crippen molar-refractivity contribution >= 4 is 102 Å². The summed E-state index contributed by atoms with van der Waals surface area (Å²) in [6, 6.07) is -9.44. The van der Waals surface area contributed by atoms with Crippen molar-refractivity contribution in [2.45, 2.75) is 114 Å². The van der Waals surface area contributed by atoms with Crippen LogP contribution in [0.4, 0.5) is 0 Å². The Morgan fingerprint density at radius 3 is 1.62 bits per heavy atom. The summed E-state index contributed by atoms with van der Waals surface area (Å²) in [5.41, 5.74) is 10.4. The van der Waals surface area contributed by atoms with Crippen LogP contribution in [0.25, 0.3) is 0 Å². The van der Waals surface area contributed by atoms with Gasteiger partial charge in [0.25, 0.3) is 5.79 Å². The number of carboxylic acids is 1. The van der Waals surface area contributed by atoms with E-state index in [1.54, 1.807) is 0 Å². The Morgan fingerprint density at radius 2 is 1.14 bits per heavy atom. The molecule has 0 spiro atoms. The van der Waals surface area contributed by atoms with Crippen molar-refractivity contribution in [3.63, 3.8) is 0 Å². The van der Waals surface area contributed by atoms with Gasteiger partial charge < -0.3 is 73.7 Å². The molecule has 7 atom stereocenters. The van der Waals surface area contributed by atoms with Gasteiger partial charge in [0, 0.05) is 25.4 Å². The molecule has 2 aliphatic rings. The quantitative estimate of drug-likeness (QED) is 0.0204. The van der Waals surface area contributed by atoms with E-state index in [2.05, 4.69) is 72.5 Å². The summed E-state index contributed by atoms with van der Waals surface area (Å²) >= 11 is 8.61. The number of hydrogen-bond donors (Lipinski definition) is 15. The minimum Gasteiger partial charge on any atom is -0.481 e. The van der Waals surface area contributed by atoms with Crippen LogP contribution >= 0.6 is 37.2 Å². The molecular formula is C37H59N11O15S3. The number of hydrogen-bond acceptors (Lipinski definition) is 20. The topological polar surface area (TPSA) is 407 Å². The number of aliphatic carboxylic acids is 1. The van der Waals surface area contributed by atoms with Crippen LogP contribution in [0.3, 0.4) is 0 Å². The smallest absolute Gasteiger partial charge is 0.351 e. The largest absolute Gasteiger partial charge is 0.481 e. The van der Waals surface area contributed by atoms with Crippen LogP contribution in [0.1, 0.15) is 65.7 Å². The van der Waals surface area contributed by atoms with E-state index in [-0.39, 0.29) is 32.4 Å². The van der Waals surface area contributed by atoms with Crippen LogP contribution in [0.15, 0.2) is 10.6 Å². The maximum absolute atomic E-state index is 13.9. The Morgan fingerprint density at radius 1 is 0.682 bits per heavy atom. The van der Waals surface area contributed by atoms with Gasteiger partial charge in [-0.1, -0.05) is 0 Å². The summed E-state index contributed by atoms with van der Waals surface area (Å²) in [4.78, 5) is 145. The lowest BCUT2D eigenvalue weighted by molar-refractivity contribution is -0.222. The van der Waals surface area contributed by atoms with Crippen molar-refractivity contribution in [2.24, 2.45) is 11.5 Å². The standard InChI is InChI=1S/C37H59N11O15S3/c1-17(49)27-33(59)40-13-23(50)42-18(8-4-6-10-38)28(54)45-22(16-65)32(58)44-20(12-25(52)53)30(56)46-21(15-64)31(57)43-19(9-5-7-11-39)29(55)48-34(66-41-14-24(51)47-27)26-35(60)62-37(2,3)63-36(26)61/h17-22,27,41,49,64-65H,4-16,38-39H2,1-3H3,(H,40,59)(H,42,50)(H,43,57)(H,44,58)(H,45,54)(H,46,56)(H,47,51)(H,48,55)(H,52,53)/t17-,18+,19?,20?,21+,22?,27+/m1/s1. The first-order chi connectivity index (χ1) is 31.1. The molecule has 8 amide bonds. The number of cyclic esters (lactones) is 2. The first kappa shape index (κ1) is 56.9.